The van der Waals surface area contributed by atoms with E-state index in [1.807, 2.05) is 0 Å². The molecule has 2 aromatic heterocycles. The van der Waals surface area contributed by atoms with Crippen LogP contribution in [0.1, 0.15) is 17.3 Å². The van der Waals surface area contributed by atoms with Crippen molar-refractivity contribution in [3.05, 3.63) is 34.2 Å². The van der Waals surface area contributed by atoms with Crippen molar-refractivity contribution in [1.29, 1.82) is 0 Å². The predicted molar refractivity (Wildman–Crippen MR) is 48.9 cm³/mol. The number of carbonyl (C=O) groups is 1. The highest BCUT2D eigenvalue weighted by atomic mass is 16.1. The molecule has 0 unspecified atom stereocenters. The van der Waals surface area contributed by atoms with Gasteiger partial charge in [0.2, 0.25) is 5.56 Å². The number of Topliss-reactive ketones (excluding diaryl/α,β-unsaturated/α-hetero) is 1. The molecule has 0 atom stereocenters. The first kappa shape index (κ1) is 7.79. The Morgan fingerprint density at radius 3 is 2.85 bits per heavy atom. The van der Waals surface area contributed by atoms with Crippen molar-refractivity contribution < 1.29 is 4.79 Å². The Bertz CT molecular complexity index is 522. The van der Waals surface area contributed by atoms with Crippen molar-refractivity contribution in [2.45, 2.75) is 6.92 Å². The van der Waals surface area contributed by atoms with Crippen LogP contribution in [0.3, 0.4) is 0 Å². The molecule has 0 saturated carbocycles. The maximum atomic E-state index is 11.1. The highest BCUT2D eigenvalue weighted by molar-refractivity contribution is 6.05. The summed E-state index contributed by atoms with van der Waals surface area (Å²) in [6, 6.07) is 3.05. The van der Waals surface area contributed by atoms with E-state index in [0.29, 0.717) is 11.2 Å². The second-order valence-corrected chi connectivity index (χ2v) is 2.87. The third-order valence-electron chi connectivity index (χ3n) is 1.95. The van der Waals surface area contributed by atoms with E-state index in [1.54, 1.807) is 12.3 Å². The van der Waals surface area contributed by atoms with Gasteiger partial charge in [-0.3, -0.25) is 9.59 Å². The van der Waals surface area contributed by atoms with E-state index in [2.05, 4.69) is 9.97 Å². The van der Waals surface area contributed by atoms with E-state index in [0.717, 1.165) is 5.39 Å². The number of hydrogen-bond donors (Lipinski definition) is 2. The maximum absolute atomic E-state index is 11.1. The Morgan fingerprint density at radius 2 is 2.15 bits per heavy atom. The van der Waals surface area contributed by atoms with Gasteiger partial charge in [-0.15, -0.1) is 0 Å². The number of aromatic amines is 2. The molecule has 2 heterocycles. The molecule has 0 amide bonds. The van der Waals surface area contributed by atoms with Gasteiger partial charge in [0.15, 0.2) is 5.78 Å². The van der Waals surface area contributed by atoms with Crippen molar-refractivity contribution in [2.75, 3.05) is 0 Å². The monoisotopic (exact) mass is 176 g/mol. The molecule has 66 valence electrons. The van der Waals surface area contributed by atoms with E-state index >= 15 is 0 Å². The van der Waals surface area contributed by atoms with Gasteiger partial charge in [-0.05, 0) is 13.0 Å². The first-order valence-corrected chi connectivity index (χ1v) is 3.90. The van der Waals surface area contributed by atoms with E-state index < -0.39 is 0 Å². The largest absolute Gasteiger partial charge is 0.347 e. The molecule has 0 spiro atoms. The molecular formula is C9H8N2O2. The Balaban J connectivity index is 2.83. The molecule has 2 rings (SSSR count). The molecule has 2 N–H and O–H groups in total. The van der Waals surface area contributed by atoms with Crippen LogP contribution in [0.5, 0.6) is 0 Å². The molecule has 2 aromatic rings. The number of fused-ring (bicyclic) bond motifs is 1. The van der Waals surface area contributed by atoms with Gasteiger partial charge >= 0.3 is 0 Å². The number of nitrogens with one attached hydrogen (secondary N) is 2. The van der Waals surface area contributed by atoms with Gasteiger partial charge in [0.1, 0.15) is 5.65 Å². The fourth-order valence-corrected chi connectivity index (χ4v) is 1.33. The van der Waals surface area contributed by atoms with Crippen LogP contribution in [-0.2, 0) is 0 Å². The first-order chi connectivity index (χ1) is 6.18. The minimum atomic E-state index is -0.176. The standard InChI is InChI=1S/C9H8N2O2/c1-5(12)7-4-10-9-6(7)2-3-8(13)11-9/h2-4H,1H3,(H2,10,11,13). The summed E-state index contributed by atoms with van der Waals surface area (Å²) < 4.78 is 0. The van der Waals surface area contributed by atoms with Crippen molar-refractivity contribution in [3.63, 3.8) is 0 Å². The Kier molecular flexibility index (Phi) is 1.55. The van der Waals surface area contributed by atoms with Crippen molar-refractivity contribution in [3.8, 4) is 0 Å². The fourth-order valence-electron chi connectivity index (χ4n) is 1.33. The van der Waals surface area contributed by atoms with Crippen LogP contribution >= 0.6 is 0 Å². The van der Waals surface area contributed by atoms with Crippen molar-refractivity contribution in [1.82, 2.24) is 9.97 Å². The molecule has 0 aliphatic heterocycles. The summed E-state index contributed by atoms with van der Waals surface area (Å²) in [5.74, 6) is -0.0155. The number of rotatable bonds is 1. The maximum Gasteiger partial charge on any atom is 0.249 e. The number of hydrogen-bond acceptors (Lipinski definition) is 2. The normalized spacial score (nSPS) is 10.5. The predicted octanol–water partition coefficient (Wildman–Crippen LogP) is 1.06. The van der Waals surface area contributed by atoms with E-state index in [-0.39, 0.29) is 11.3 Å². The molecular weight excluding hydrogens is 168 g/mol. The molecule has 0 bridgehead atoms. The molecule has 0 aliphatic carbocycles. The Labute approximate surface area is 73.6 Å². The number of aromatic nitrogens is 2. The minimum absolute atomic E-state index is 0.0155. The van der Waals surface area contributed by atoms with Crippen LogP contribution in [-0.4, -0.2) is 15.8 Å². The molecule has 4 nitrogen and oxygen atoms in total. The highest BCUT2D eigenvalue weighted by Gasteiger charge is 2.06. The molecule has 0 radical (unpaired) electrons. The molecule has 4 heteroatoms. The second-order valence-electron chi connectivity index (χ2n) is 2.87. The third kappa shape index (κ3) is 1.16. The van der Waals surface area contributed by atoms with Gasteiger partial charge in [-0.25, -0.2) is 0 Å². The summed E-state index contributed by atoms with van der Waals surface area (Å²) in [7, 11) is 0. The van der Waals surface area contributed by atoms with Crippen LogP contribution in [0.15, 0.2) is 23.1 Å². The van der Waals surface area contributed by atoms with Crippen LogP contribution in [0, 0.1) is 0 Å². The Morgan fingerprint density at radius 1 is 1.38 bits per heavy atom. The van der Waals surface area contributed by atoms with Crippen molar-refractivity contribution >= 4 is 16.8 Å². The SMILES string of the molecule is CC(=O)c1c[nH]c2[nH]c(=O)ccc12. The first-order valence-electron chi connectivity index (χ1n) is 3.90. The molecule has 0 aliphatic rings. The summed E-state index contributed by atoms with van der Waals surface area (Å²) in [6.07, 6.45) is 1.60. The lowest BCUT2D eigenvalue weighted by molar-refractivity contribution is 0.101. The topological polar surface area (TPSA) is 65.7 Å². The average Bonchev–Trinajstić information content (AvgIpc) is 2.46. The van der Waals surface area contributed by atoms with E-state index in [1.165, 1.54) is 13.0 Å². The summed E-state index contributed by atoms with van der Waals surface area (Å²) in [6.45, 7) is 1.49. The molecule has 0 fully saturated rings. The number of carbonyl (C=O) groups excluding carboxylic acids is 1. The lowest BCUT2D eigenvalue weighted by atomic mass is 10.2. The zero-order valence-electron chi connectivity index (χ0n) is 7.05. The average molecular weight is 176 g/mol. The van der Waals surface area contributed by atoms with Crippen LogP contribution in [0.25, 0.3) is 11.0 Å². The number of H-pyrrole nitrogens is 2. The summed E-state index contributed by atoms with van der Waals surface area (Å²) in [5.41, 5.74) is 1.02. The lowest BCUT2D eigenvalue weighted by Crippen LogP contribution is -2.02. The smallest absolute Gasteiger partial charge is 0.249 e. The minimum Gasteiger partial charge on any atom is -0.347 e. The van der Waals surface area contributed by atoms with Gasteiger partial charge in [0.25, 0.3) is 0 Å². The molecule has 0 aromatic carbocycles. The van der Waals surface area contributed by atoms with Crippen LogP contribution in [0.2, 0.25) is 0 Å². The van der Waals surface area contributed by atoms with E-state index in [4.69, 9.17) is 0 Å². The second kappa shape index (κ2) is 2.58. The highest BCUT2D eigenvalue weighted by Crippen LogP contribution is 2.14. The Hall–Kier alpha value is -1.84. The third-order valence-corrected chi connectivity index (χ3v) is 1.95. The summed E-state index contributed by atoms with van der Waals surface area (Å²) in [4.78, 5) is 27.4. The van der Waals surface area contributed by atoms with Gasteiger partial charge in [-0.2, -0.15) is 0 Å². The zero-order chi connectivity index (χ0) is 9.42. The molecule has 0 saturated heterocycles. The molecule has 13 heavy (non-hydrogen) atoms. The fraction of sp³-hybridized carbons (Fsp3) is 0.111. The number of ketones is 1. The lowest BCUT2D eigenvalue weighted by Gasteiger charge is -1.90. The quantitative estimate of drug-likeness (QED) is 0.638. The van der Waals surface area contributed by atoms with Crippen LogP contribution < -0.4 is 5.56 Å². The zero-order valence-corrected chi connectivity index (χ0v) is 7.05. The van der Waals surface area contributed by atoms with E-state index in [9.17, 15) is 9.59 Å². The summed E-state index contributed by atoms with van der Waals surface area (Å²) in [5, 5.41) is 0.757. The van der Waals surface area contributed by atoms with Gasteiger partial charge < -0.3 is 9.97 Å². The van der Waals surface area contributed by atoms with Gasteiger partial charge in [-0.1, -0.05) is 0 Å². The summed E-state index contributed by atoms with van der Waals surface area (Å²) >= 11 is 0. The number of pyridine rings is 1. The van der Waals surface area contributed by atoms with Gasteiger partial charge in [0, 0.05) is 23.2 Å². The van der Waals surface area contributed by atoms with Gasteiger partial charge in [0.05, 0.1) is 0 Å². The van der Waals surface area contributed by atoms with Crippen molar-refractivity contribution in [2.24, 2.45) is 0 Å². The van der Waals surface area contributed by atoms with Crippen LogP contribution in [0.4, 0.5) is 0 Å².